The summed E-state index contributed by atoms with van der Waals surface area (Å²) in [6.07, 6.45) is 1.65. The molecule has 0 unspecified atom stereocenters. The number of rotatable bonds is 8. The Morgan fingerprint density at radius 2 is 1.78 bits per heavy atom. The Labute approximate surface area is 163 Å². The van der Waals surface area contributed by atoms with Gasteiger partial charge in [0.25, 0.3) is 0 Å². The minimum absolute atomic E-state index is 0.0711. The van der Waals surface area contributed by atoms with E-state index < -0.39 is 0 Å². The topological polar surface area (TPSA) is 63.1 Å². The molecule has 3 rings (SSSR count). The number of hydrogen-bond donors (Lipinski definition) is 1. The van der Waals surface area contributed by atoms with Gasteiger partial charge in [-0.05, 0) is 50.2 Å². The van der Waals surface area contributed by atoms with Gasteiger partial charge in [-0.25, -0.2) is 0 Å². The highest BCUT2D eigenvalue weighted by molar-refractivity contribution is 7.99. The fourth-order valence-corrected chi connectivity index (χ4v) is 3.49. The van der Waals surface area contributed by atoms with Gasteiger partial charge < -0.3 is 10.2 Å². The molecule has 140 valence electrons. The first-order chi connectivity index (χ1) is 13.2. The number of hydrogen-bond acceptors (Lipinski definition) is 5. The normalized spacial score (nSPS) is 10.6. The van der Waals surface area contributed by atoms with E-state index in [4.69, 9.17) is 0 Å². The quantitative estimate of drug-likeness (QED) is 0.601. The van der Waals surface area contributed by atoms with Crippen molar-refractivity contribution in [1.82, 2.24) is 14.8 Å². The molecule has 27 heavy (non-hydrogen) atoms. The molecule has 6 nitrogen and oxygen atoms in total. The van der Waals surface area contributed by atoms with E-state index in [9.17, 15) is 4.79 Å². The molecule has 0 aliphatic carbocycles. The fraction of sp³-hybridized carbons (Fsp3) is 0.250. The number of benzene rings is 2. The zero-order valence-electron chi connectivity index (χ0n) is 15.5. The second-order valence-electron chi connectivity index (χ2n) is 5.88. The number of anilines is 2. The second-order valence-corrected chi connectivity index (χ2v) is 6.82. The maximum absolute atomic E-state index is 12.3. The molecule has 0 saturated heterocycles. The molecular weight excluding hydrogens is 358 g/mol. The summed E-state index contributed by atoms with van der Waals surface area (Å²) in [5.41, 5.74) is 2.92. The van der Waals surface area contributed by atoms with Crippen molar-refractivity contribution in [3.05, 3.63) is 60.9 Å². The van der Waals surface area contributed by atoms with E-state index in [0.717, 1.165) is 30.2 Å². The van der Waals surface area contributed by atoms with Crippen LogP contribution in [0.5, 0.6) is 0 Å². The maximum atomic E-state index is 12.3. The first-order valence-electron chi connectivity index (χ1n) is 8.94. The molecule has 1 N–H and O–H groups in total. The van der Waals surface area contributed by atoms with E-state index in [2.05, 4.69) is 34.3 Å². The molecule has 0 radical (unpaired) electrons. The average molecular weight is 382 g/mol. The Hall–Kier alpha value is -2.80. The van der Waals surface area contributed by atoms with Crippen molar-refractivity contribution in [2.24, 2.45) is 0 Å². The van der Waals surface area contributed by atoms with Gasteiger partial charge in [0.15, 0.2) is 5.16 Å². The summed E-state index contributed by atoms with van der Waals surface area (Å²) in [4.78, 5) is 14.5. The minimum Gasteiger partial charge on any atom is -0.372 e. The molecule has 0 fully saturated rings. The van der Waals surface area contributed by atoms with Crippen LogP contribution in [-0.2, 0) is 4.79 Å². The largest absolute Gasteiger partial charge is 0.372 e. The number of nitrogens with zero attached hydrogens (tertiary/aromatic N) is 4. The summed E-state index contributed by atoms with van der Waals surface area (Å²) >= 11 is 1.36. The van der Waals surface area contributed by atoms with E-state index in [1.807, 2.05) is 59.2 Å². The lowest BCUT2D eigenvalue weighted by Crippen LogP contribution is -2.21. The van der Waals surface area contributed by atoms with Gasteiger partial charge in [-0.15, -0.1) is 10.2 Å². The van der Waals surface area contributed by atoms with Crippen LogP contribution in [0.4, 0.5) is 11.4 Å². The van der Waals surface area contributed by atoms with Crippen molar-refractivity contribution in [2.45, 2.75) is 19.0 Å². The van der Waals surface area contributed by atoms with Gasteiger partial charge in [-0.2, -0.15) is 0 Å². The summed E-state index contributed by atoms with van der Waals surface area (Å²) in [5, 5.41) is 11.7. The van der Waals surface area contributed by atoms with Crippen molar-refractivity contribution >= 4 is 29.0 Å². The molecule has 0 saturated carbocycles. The van der Waals surface area contributed by atoms with Crippen molar-refractivity contribution in [3.63, 3.8) is 0 Å². The Morgan fingerprint density at radius 3 is 2.44 bits per heavy atom. The minimum atomic E-state index is -0.0711. The average Bonchev–Trinajstić information content (AvgIpc) is 3.18. The molecular formula is C20H23N5OS. The number of nitrogens with one attached hydrogen (secondary N) is 1. The molecule has 1 aromatic heterocycles. The molecule has 0 bridgehead atoms. The summed E-state index contributed by atoms with van der Waals surface area (Å²) in [6, 6.07) is 17.8. The third-order valence-corrected chi connectivity index (χ3v) is 5.11. The molecule has 2 aromatic carbocycles. The summed E-state index contributed by atoms with van der Waals surface area (Å²) < 4.78 is 1.87. The molecule has 1 amide bonds. The van der Waals surface area contributed by atoms with E-state index in [1.165, 1.54) is 11.8 Å². The van der Waals surface area contributed by atoms with Crippen molar-refractivity contribution in [2.75, 3.05) is 29.1 Å². The van der Waals surface area contributed by atoms with E-state index in [1.54, 1.807) is 6.33 Å². The number of thioether (sulfide) groups is 1. The number of carbonyl (C=O) groups excluding carboxylic acids is 1. The predicted octanol–water partition coefficient (Wildman–Crippen LogP) is 3.84. The van der Waals surface area contributed by atoms with Gasteiger partial charge in [0.2, 0.25) is 5.91 Å². The SMILES string of the molecule is CCN(CC)c1ccc(NC(=O)CSc2nncn2-c2ccccc2)cc1. The van der Waals surface area contributed by atoms with Crippen LogP contribution < -0.4 is 10.2 Å². The smallest absolute Gasteiger partial charge is 0.234 e. The van der Waals surface area contributed by atoms with Crippen LogP contribution in [0.1, 0.15) is 13.8 Å². The highest BCUT2D eigenvalue weighted by Crippen LogP contribution is 2.21. The van der Waals surface area contributed by atoms with Crippen LogP contribution in [0.15, 0.2) is 66.1 Å². The fourth-order valence-electron chi connectivity index (χ4n) is 2.76. The molecule has 0 spiro atoms. The number of amides is 1. The van der Waals surface area contributed by atoms with E-state index in [-0.39, 0.29) is 11.7 Å². The number of aromatic nitrogens is 3. The van der Waals surface area contributed by atoms with Crippen molar-refractivity contribution < 1.29 is 4.79 Å². The zero-order chi connectivity index (χ0) is 19.1. The van der Waals surface area contributed by atoms with Gasteiger partial charge >= 0.3 is 0 Å². The third kappa shape index (κ3) is 4.89. The maximum Gasteiger partial charge on any atom is 0.234 e. The van der Waals surface area contributed by atoms with Gasteiger partial charge in [-0.1, -0.05) is 30.0 Å². The van der Waals surface area contributed by atoms with Gasteiger partial charge in [0.1, 0.15) is 6.33 Å². The molecule has 3 aromatic rings. The van der Waals surface area contributed by atoms with Crippen LogP contribution in [0.25, 0.3) is 5.69 Å². The number of carbonyl (C=O) groups is 1. The van der Waals surface area contributed by atoms with E-state index >= 15 is 0 Å². The summed E-state index contributed by atoms with van der Waals surface area (Å²) in [5.74, 6) is 0.196. The van der Waals surface area contributed by atoms with Crippen LogP contribution in [-0.4, -0.2) is 39.5 Å². The highest BCUT2D eigenvalue weighted by atomic mass is 32.2. The molecule has 0 atom stereocenters. The van der Waals surface area contributed by atoms with Gasteiger partial charge in [0, 0.05) is 30.2 Å². The van der Waals surface area contributed by atoms with Gasteiger partial charge in [0.05, 0.1) is 5.75 Å². The Balaban J connectivity index is 1.57. The number of para-hydroxylation sites is 1. The van der Waals surface area contributed by atoms with Crippen LogP contribution in [0, 0.1) is 0 Å². The standard InChI is InChI=1S/C20H23N5OS/c1-3-24(4-2)17-12-10-16(11-13-17)22-19(26)14-27-20-23-21-15-25(20)18-8-6-5-7-9-18/h5-13,15H,3-4,14H2,1-2H3,(H,22,26). The van der Waals surface area contributed by atoms with Crippen LogP contribution >= 0.6 is 11.8 Å². The monoisotopic (exact) mass is 381 g/mol. The summed E-state index contributed by atoms with van der Waals surface area (Å²) in [6.45, 7) is 6.18. The summed E-state index contributed by atoms with van der Waals surface area (Å²) in [7, 11) is 0. The molecule has 0 aliphatic rings. The Kier molecular flexibility index (Phi) is 6.49. The Bertz CT molecular complexity index is 860. The Morgan fingerprint density at radius 1 is 1.07 bits per heavy atom. The second kappa shape index (κ2) is 9.23. The lowest BCUT2D eigenvalue weighted by Gasteiger charge is -2.21. The van der Waals surface area contributed by atoms with Crippen molar-refractivity contribution in [3.8, 4) is 5.69 Å². The van der Waals surface area contributed by atoms with Crippen LogP contribution in [0.2, 0.25) is 0 Å². The van der Waals surface area contributed by atoms with E-state index in [0.29, 0.717) is 5.16 Å². The first-order valence-corrected chi connectivity index (χ1v) is 9.93. The zero-order valence-corrected chi connectivity index (χ0v) is 16.3. The lowest BCUT2D eigenvalue weighted by atomic mass is 10.2. The van der Waals surface area contributed by atoms with Crippen molar-refractivity contribution in [1.29, 1.82) is 0 Å². The first kappa shape index (κ1) is 19.0. The molecule has 1 heterocycles. The predicted molar refractivity (Wildman–Crippen MR) is 111 cm³/mol. The third-order valence-electron chi connectivity index (χ3n) is 4.16. The van der Waals surface area contributed by atoms with Gasteiger partial charge in [-0.3, -0.25) is 9.36 Å². The van der Waals surface area contributed by atoms with Crippen LogP contribution in [0.3, 0.4) is 0 Å². The molecule has 7 heteroatoms. The molecule has 0 aliphatic heterocycles. The highest BCUT2D eigenvalue weighted by Gasteiger charge is 2.10. The lowest BCUT2D eigenvalue weighted by molar-refractivity contribution is -0.113.